The molecule has 0 radical (unpaired) electrons. The third-order valence-electron chi connectivity index (χ3n) is 7.09. The summed E-state index contributed by atoms with van der Waals surface area (Å²) in [4.78, 5) is 11.7. The summed E-state index contributed by atoms with van der Waals surface area (Å²) in [5.41, 5.74) is 5.17. The van der Waals surface area contributed by atoms with Crippen LogP contribution in [0.15, 0.2) is 54.6 Å². The largest absolute Gasteiger partial charge is 0.494 e. The van der Waals surface area contributed by atoms with Crippen molar-refractivity contribution < 1.29 is 36.9 Å². The number of benzene rings is 3. The number of fused-ring (bicyclic) bond motifs is 4. The van der Waals surface area contributed by atoms with Crippen LogP contribution < -0.4 is 18.9 Å². The van der Waals surface area contributed by atoms with Crippen LogP contribution in [0.1, 0.15) is 42.4 Å². The Hall–Kier alpha value is -3.72. The minimum absolute atomic E-state index is 0.0121. The summed E-state index contributed by atoms with van der Waals surface area (Å²) < 4.78 is 51.5. The quantitative estimate of drug-likeness (QED) is 0.247. The first-order chi connectivity index (χ1) is 19.2. The maximum Gasteiger partial charge on any atom is 0.306 e. The van der Waals surface area contributed by atoms with Crippen LogP contribution in [-0.2, 0) is 32.4 Å². The lowest BCUT2D eigenvalue weighted by Gasteiger charge is -2.14. The van der Waals surface area contributed by atoms with Crippen molar-refractivity contribution in [2.24, 2.45) is 0 Å². The predicted octanol–water partition coefficient (Wildman–Crippen LogP) is 5.11. The van der Waals surface area contributed by atoms with Gasteiger partial charge in [-0.3, -0.25) is 4.79 Å². The van der Waals surface area contributed by atoms with E-state index in [2.05, 4.69) is 6.07 Å². The smallest absolute Gasteiger partial charge is 0.306 e. The number of hydrogen-bond acceptors (Lipinski definition) is 8. The number of rotatable bonds is 10. The number of sulfone groups is 1. The highest BCUT2D eigenvalue weighted by molar-refractivity contribution is 7.90. The van der Waals surface area contributed by atoms with Crippen molar-refractivity contribution in [3.63, 3.8) is 0 Å². The molecule has 3 aromatic rings. The SMILES string of the molecule is COC(=O)C[C@@H]1COc2cc(OCc3ccc4c(c3)-c3ccc(OCCCS(C)(=O)=O)cc3C[C@@H](C)O4)ccc21. The molecular formula is C31H34O8S. The lowest BCUT2D eigenvalue weighted by atomic mass is 9.95. The average Bonchev–Trinajstić information content (AvgIpc) is 3.25. The molecule has 0 saturated heterocycles. The molecule has 0 N–H and O–H groups in total. The normalized spacial score (nSPS) is 17.4. The van der Waals surface area contributed by atoms with Crippen molar-refractivity contribution in [1.29, 1.82) is 0 Å². The number of hydrogen-bond donors (Lipinski definition) is 0. The Morgan fingerprint density at radius 2 is 1.77 bits per heavy atom. The number of methoxy groups -OCH3 is 1. The first kappa shape index (κ1) is 27.8. The van der Waals surface area contributed by atoms with E-state index >= 15 is 0 Å². The average molecular weight is 567 g/mol. The van der Waals surface area contributed by atoms with E-state index in [1.807, 2.05) is 55.5 Å². The van der Waals surface area contributed by atoms with E-state index in [1.165, 1.54) is 13.4 Å². The van der Waals surface area contributed by atoms with Crippen molar-refractivity contribution in [1.82, 2.24) is 0 Å². The van der Waals surface area contributed by atoms with Gasteiger partial charge in [-0.15, -0.1) is 0 Å². The van der Waals surface area contributed by atoms with E-state index in [9.17, 15) is 13.2 Å². The molecule has 212 valence electrons. The molecule has 0 spiro atoms. The summed E-state index contributed by atoms with van der Waals surface area (Å²) in [6, 6.07) is 17.8. The van der Waals surface area contributed by atoms with Gasteiger partial charge in [0.15, 0.2) is 0 Å². The first-order valence-electron chi connectivity index (χ1n) is 13.4. The third-order valence-corrected chi connectivity index (χ3v) is 8.12. The Morgan fingerprint density at radius 3 is 2.58 bits per heavy atom. The maximum absolute atomic E-state index is 11.7. The van der Waals surface area contributed by atoms with Gasteiger partial charge in [-0.25, -0.2) is 8.42 Å². The molecule has 2 aliphatic rings. The van der Waals surface area contributed by atoms with Crippen molar-refractivity contribution in [3.8, 4) is 34.1 Å². The summed E-state index contributed by atoms with van der Waals surface area (Å²) in [6.45, 7) is 3.20. The molecule has 2 aliphatic heterocycles. The molecule has 0 saturated carbocycles. The zero-order chi connectivity index (χ0) is 28.3. The van der Waals surface area contributed by atoms with E-state index < -0.39 is 9.84 Å². The summed E-state index contributed by atoms with van der Waals surface area (Å²) in [5, 5.41) is 0. The van der Waals surface area contributed by atoms with Gasteiger partial charge in [0.25, 0.3) is 0 Å². The molecule has 9 heteroatoms. The molecule has 8 nitrogen and oxygen atoms in total. The van der Waals surface area contributed by atoms with Crippen LogP contribution in [0.2, 0.25) is 0 Å². The van der Waals surface area contributed by atoms with E-state index in [-0.39, 0.29) is 30.2 Å². The molecule has 0 aromatic heterocycles. The lowest BCUT2D eigenvalue weighted by molar-refractivity contribution is -0.141. The maximum atomic E-state index is 11.7. The van der Waals surface area contributed by atoms with Gasteiger partial charge >= 0.3 is 5.97 Å². The van der Waals surface area contributed by atoms with Gasteiger partial charge in [-0.2, -0.15) is 0 Å². The molecular weight excluding hydrogens is 532 g/mol. The van der Waals surface area contributed by atoms with Crippen LogP contribution in [0.5, 0.6) is 23.0 Å². The summed E-state index contributed by atoms with van der Waals surface area (Å²) in [5.74, 6) is 2.80. The summed E-state index contributed by atoms with van der Waals surface area (Å²) in [6.07, 6.45) is 2.68. The van der Waals surface area contributed by atoms with Gasteiger partial charge in [0.1, 0.15) is 39.4 Å². The van der Waals surface area contributed by atoms with Crippen molar-refractivity contribution in [3.05, 3.63) is 71.3 Å². The molecule has 0 fully saturated rings. The number of carbonyl (C=O) groups excluding carboxylic acids is 1. The molecule has 40 heavy (non-hydrogen) atoms. The van der Waals surface area contributed by atoms with Crippen molar-refractivity contribution in [2.75, 3.05) is 32.3 Å². The second-order valence-electron chi connectivity index (χ2n) is 10.4. The van der Waals surface area contributed by atoms with Crippen LogP contribution >= 0.6 is 0 Å². The van der Waals surface area contributed by atoms with Crippen LogP contribution in [-0.4, -0.2) is 52.8 Å². The fraction of sp³-hybridized carbons (Fsp3) is 0.387. The highest BCUT2D eigenvalue weighted by atomic mass is 32.2. The van der Waals surface area contributed by atoms with Gasteiger partial charge in [-0.1, -0.05) is 18.2 Å². The van der Waals surface area contributed by atoms with Crippen molar-refractivity contribution in [2.45, 2.75) is 44.8 Å². The number of ether oxygens (including phenoxy) is 5. The Kier molecular flexibility index (Phi) is 8.21. The van der Waals surface area contributed by atoms with Gasteiger partial charge in [-0.05, 0) is 60.4 Å². The first-order valence-corrected chi connectivity index (χ1v) is 15.4. The van der Waals surface area contributed by atoms with Gasteiger partial charge in [0.05, 0.1) is 38.6 Å². The van der Waals surface area contributed by atoms with Crippen LogP contribution in [0, 0.1) is 0 Å². The standard InChI is InChI=1S/C31H34O8S/c1-20-13-22-15-24(36-11-4-12-40(3,33)34)6-8-26(22)28-14-21(5-10-29(28)39-20)18-37-25-7-9-27-23(16-31(32)35-2)19-38-30(27)17-25/h5-10,14-15,17,20,23H,4,11-13,16,18-19H2,1-3H3/t20-,23-/m1/s1. The zero-order valence-corrected chi connectivity index (χ0v) is 23.8. The lowest BCUT2D eigenvalue weighted by Crippen LogP contribution is -2.13. The third kappa shape index (κ3) is 6.70. The summed E-state index contributed by atoms with van der Waals surface area (Å²) in [7, 11) is -1.61. The predicted molar refractivity (Wildman–Crippen MR) is 151 cm³/mol. The Labute approximate surface area is 235 Å². The van der Waals surface area contributed by atoms with E-state index in [0.29, 0.717) is 32.0 Å². The number of carbonyl (C=O) groups is 1. The highest BCUT2D eigenvalue weighted by Gasteiger charge is 2.27. The molecule has 0 unspecified atom stereocenters. The van der Waals surface area contributed by atoms with Crippen LogP contribution in [0.25, 0.3) is 11.1 Å². The Bertz CT molecular complexity index is 1500. The molecule has 0 amide bonds. The highest BCUT2D eigenvalue weighted by Crippen LogP contribution is 2.40. The van der Waals surface area contributed by atoms with Gasteiger partial charge < -0.3 is 23.7 Å². The topological polar surface area (TPSA) is 97.4 Å². The molecule has 3 aromatic carbocycles. The van der Waals surface area contributed by atoms with Gasteiger partial charge in [0.2, 0.25) is 0 Å². The van der Waals surface area contributed by atoms with Gasteiger partial charge in [0, 0.05) is 35.8 Å². The number of esters is 1. The Morgan fingerprint density at radius 1 is 0.975 bits per heavy atom. The second-order valence-corrected chi connectivity index (χ2v) is 12.7. The molecule has 0 aliphatic carbocycles. The minimum atomic E-state index is -3.00. The van der Waals surface area contributed by atoms with E-state index in [0.717, 1.165) is 51.5 Å². The van der Waals surface area contributed by atoms with Crippen molar-refractivity contribution >= 4 is 15.8 Å². The minimum Gasteiger partial charge on any atom is -0.494 e. The Balaban J connectivity index is 1.29. The molecule has 0 bridgehead atoms. The zero-order valence-electron chi connectivity index (χ0n) is 23.0. The second kappa shape index (κ2) is 11.8. The molecule has 2 atom stereocenters. The van der Waals surface area contributed by atoms with E-state index in [1.54, 1.807) is 0 Å². The van der Waals surface area contributed by atoms with Crippen LogP contribution in [0.3, 0.4) is 0 Å². The fourth-order valence-electron chi connectivity index (χ4n) is 5.12. The summed E-state index contributed by atoms with van der Waals surface area (Å²) >= 11 is 0. The van der Waals surface area contributed by atoms with Crippen LogP contribution in [0.4, 0.5) is 0 Å². The monoisotopic (exact) mass is 566 g/mol. The molecule has 2 heterocycles. The molecule has 5 rings (SSSR count). The van der Waals surface area contributed by atoms with E-state index in [4.69, 9.17) is 23.7 Å². The fourth-order valence-corrected chi connectivity index (χ4v) is 5.76.